The van der Waals surface area contributed by atoms with Gasteiger partial charge in [-0.15, -0.1) is 0 Å². The van der Waals surface area contributed by atoms with Crippen LogP contribution < -0.4 is 9.47 Å². The van der Waals surface area contributed by atoms with E-state index in [1.807, 2.05) is 36.2 Å². The lowest BCUT2D eigenvalue weighted by molar-refractivity contribution is -0.0214. The van der Waals surface area contributed by atoms with Gasteiger partial charge in [-0.05, 0) is 42.8 Å². The zero-order valence-electron chi connectivity index (χ0n) is 16.4. The van der Waals surface area contributed by atoms with Crippen molar-refractivity contribution in [3.63, 3.8) is 0 Å². The molecular weight excluding hydrogens is 386 g/mol. The minimum absolute atomic E-state index is 0.0949. The Morgan fingerprint density at radius 2 is 1.83 bits per heavy atom. The molecule has 3 aromatic rings. The lowest BCUT2D eigenvalue weighted by Crippen LogP contribution is -2.34. The number of hydrogen-bond acceptors (Lipinski definition) is 4. The van der Waals surface area contributed by atoms with Gasteiger partial charge < -0.3 is 9.47 Å². The Balaban J connectivity index is 1.61. The Hall–Kier alpha value is -3.41. The van der Waals surface area contributed by atoms with Crippen molar-refractivity contribution in [2.75, 3.05) is 6.61 Å². The van der Waals surface area contributed by atoms with E-state index < -0.39 is 6.23 Å². The summed E-state index contributed by atoms with van der Waals surface area (Å²) in [6, 6.07) is 18.4. The molecule has 30 heavy (non-hydrogen) atoms. The van der Waals surface area contributed by atoms with Crippen LogP contribution in [-0.2, 0) is 0 Å². The zero-order chi connectivity index (χ0) is 20.7. The van der Waals surface area contributed by atoms with Crippen molar-refractivity contribution in [2.24, 2.45) is 5.10 Å². The Labute approximate surface area is 173 Å². The highest BCUT2D eigenvalue weighted by Crippen LogP contribution is 2.50. The first-order chi connectivity index (χ1) is 14.6. The summed E-state index contributed by atoms with van der Waals surface area (Å²) >= 11 is 0. The van der Waals surface area contributed by atoms with Crippen LogP contribution >= 0.6 is 0 Å². The van der Waals surface area contributed by atoms with E-state index in [2.05, 4.69) is 0 Å². The number of hydrogen-bond donors (Lipinski definition) is 0. The van der Waals surface area contributed by atoms with Crippen molar-refractivity contribution in [3.05, 3.63) is 95.1 Å². The minimum Gasteiger partial charge on any atom is -0.490 e. The molecule has 0 saturated heterocycles. The van der Waals surface area contributed by atoms with E-state index in [1.54, 1.807) is 18.2 Å². The standard InChI is InChI=1S/C24H20F2N2O2/c1-2-29-22-8-4-7-19-21-14-20(15-9-11-17(25)12-10-15)27-28(21)24(30-23(19)22)16-5-3-6-18(26)13-16/h3-13,21,24H,2,14H2,1H3/t21-,24+/m0/s1. The predicted molar refractivity (Wildman–Crippen MR) is 110 cm³/mol. The summed E-state index contributed by atoms with van der Waals surface area (Å²) in [4.78, 5) is 0. The molecule has 3 aromatic carbocycles. The molecule has 2 heterocycles. The third kappa shape index (κ3) is 3.18. The smallest absolute Gasteiger partial charge is 0.214 e. The second kappa shape index (κ2) is 7.44. The van der Waals surface area contributed by atoms with Gasteiger partial charge in [0.25, 0.3) is 0 Å². The Bertz CT molecular complexity index is 1110. The molecule has 4 nitrogen and oxygen atoms in total. The first kappa shape index (κ1) is 18.6. The largest absolute Gasteiger partial charge is 0.490 e. The average Bonchev–Trinajstić information content (AvgIpc) is 3.20. The molecule has 0 unspecified atom stereocenters. The second-order valence-corrected chi connectivity index (χ2v) is 7.29. The molecule has 2 aliphatic heterocycles. The molecule has 2 atom stereocenters. The van der Waals surface area contributed by atoms with Gasteiger partial charge in [-0.25, -0.2) is 13.8 Å². The van der Waals surface area contributed by atoms with Crippen LogP contribution in [0.3, 0.4) is 0 Å². The van der Waals surface area contributed by atoms with E-state index in [0.29, 0.717) is 30.1 Å². The van der Waals surface area contributed by atoms with Crippen molar-refractivity contribution in [1.29, 1.82) is 0 Å². The van der Waals surface area contributed by atoms with Crippen molar-refractivity contribution < 1.29 is 18.3 Å². The number of hydrazone groups is 1. The van der Waals surface area contributed by atoms with E-state index >= 15 is 0 Å². The Morgan fingerprint density at radius 1 is 1.03 bits per heavy atom. The van der Waals surface area contributed by atoms with Crippen molar-refractivity contribution in [1.82, 2.24) is 5.01 Å². The molecule has 5 rings (SSSR count). The van der Waals surface area contributed by atoms with Crippen LogP contribution in [0, 0.1) is 11.6 Å². The number of para-hydroxylation sites is 1. The molecule has 0 bridgehead atoms. The molecule has 0 N–H and O–H groups in total. The first-order valence-electron chi connectivity index (χ1n) is 9.93. The molecule has 0 spiro atoms. The van der Waals surface area contributed by atoms with E-state index in [9.17, 15) is 8.78 Å². The lowest BCUT2D eigenvalue weighted by atomic mass is 9.95. The van der Waals surface area contributed by atoms with Crippen molar-refractivity contribution >= 4 is 5.71 Å². The highest BCUT2D eigenvalue weighted by atomic mass is 19.1. The molecule has 0 aromatic heterocycles. The molecule has 0 fully saturated rings. The summed E-state index contributed by atoms with van der Waals surface area (Å²) in [5.41, 5.74) is 3.32. The van der Waals surface area contributed by atoms with Gasteiger partial charge in [-0.3, -0.25) is 0 Å². The molecule has 0 aliphatic carbocycles. The number of ether oxygens (including phenoxy) is 2. The normalized spacial score (nSPS) is 19.6. The maximum absolute atomic E-state index is 14.0. The number of fused-ring (bicyclic) bond motifs is 3. The highest BCUT2D eigenvalue weighted by Gasteiger charge is 2.42. The van der Waals surface area contributed by atoms with E-state index in [4.69, 9.17) is 14.6 Å². The van der Waals surface area contributed by atoms with Crippen LogP contribution in [0.4, 0.5) is 8.78 Å². The highest BCUT2D eigenvalue weighted by molar-refractivity contribution is 6.02. The third-order valence-electron chi connectivity index (χ3n) is 5.39. The minimum atomic E-state index is -0.599. The van der Waals surface area contributed by atoms with Gasteiger partial charge in [-0.2, -0.15) is 5.10 Å². The van der Waals surface area contributed by atoms with Gasteiger partial charge in [0, 0.05) is 17.5 Å². The fraction of sp³-hybridized carbons (Fsp3) is 0.208. The van der Waals surface area contributed by atoms with Crippen molar-refractivity contribution in [2.45, 2.75) is 25.6 Å². The molecular formula is C24H20F2N2O2. The van der Waals surface area contributed by atoms with Gasteiger partial charge in [0.2, 0.25) is 6.23 Å². The van der Waals surface area contributed by atoms with Gasteiger partial charge in [0.15, 0.2) is 11.5 Å². The van der Waals surface area contributed by atoms with Gasteiger partial charge in [0.05, 0.1) is 18.4 Å². The number of nitrogens with zero attached hydrogens (tertiary/aromatic N) is 2. The third-order valence-corrected chi connectivity index (χ3v) is 5.39. The summed E-state index contributed by atoms with van der Waals surface area (Å²) < 4.78 is 39.5. The fourth-order valence-electron chi connectivity index (χ4n) is 4.05. The van der Waals surface area contributed by atoms with E-state index in [0.717, 1.165) is 16.8 Å². The second-order valence-electron chi connectivity index (χ2n) is 7.29. The summed E-state index contributed by atoms with van der Waals surface area (Å²) in [7, 11) is 0. The number of halogens is 2. The van der Waals surface area contributed by atoms with Crippen LogP contribution in [0.15, 0.2) is 71.8 Å². The van der Waals surface area contributed by atoms with Crippen molar-refractivity contribution in [3.8, 4) is 11.5 Å². The maximum atomic E-state index is 14.0. The van der Waals surface area contributed by atoms with Crippen LogP contribution in [0.25, 0.3) is 0 Å². The maximum Gasteiger partial charge on any atom is 0.214 e. The van der Waals surface area contributed by atoms with E-state index in [1.165, 1.54) is 24.3 Å². The summed E-state index contributed by atoms with van der Waals surface area (Å²) in [5, 5.41) is 6.68. The fourth-order valence-corrected chi connectivity index (χ4v) is 4.05. The summed E-state index contributed by atoms with van der Waals surface area (Å²) in [6.45, 7) is 2.43. The monoisotopic (exact) mass is 406 g/mol. The summed E-state index contributed by atoms with van der Waals surface area (Å²) in [6.07, 6.45) is 0.0291. The topological polar surface area (TPSA) is 34.1 Å². The first-order valence-corrected chi connectivity index (χ1v) is 9.93. The molecule has 0 saturated carbocycles. The quantitative estimate of drug-likeness (QED) is 0.565. The van der Waals surface area contributed by atoms with Gasteiger partial charge >= 0.3 is 0 Å². The van der Waals surface area contributed by atoms with Crippen LogP contribution in [0.1, 0.15) is 42.3 Å². The SMILES string of the molecule is CCOc1cccc2c1O[C@H](c1cccc(F)c1)N1N=C(c3ccc(F)cc3)C[C@@H]21. The average molecular weight is 406 g/mol. The van der Waals surface area contributed by atoms with Crippen LogP contribution in [0.2, 0.25) is 0 Å². The molecule has 152 valence electrons. The summed E-state index contributed by atoms with van der Waals surface area (Å²) in [5.74, 6) is 0.693. The predicted octanol–water partition coefficient (Wildman–Crippen LogP) is 5.61. The Morgan fingerprint density at radius 3 is 2.60 bits per heavy atom. The van der Waals surface area contributed by atoms with Gasteiger partial charge in [0.1, 0.15) is 11.6 Å². The molecule has 0 amide bonds. The molecule has 2 aliphatic rings. The van der Waals surface area contributed by atoms with Gasteiger partial charge in [-0.1, -0.05) is 36.4 Å². The lowest BCUT2D eigenvalue weighted by Gasteiger charge is -2.38. The van der Waals surface area contributed by atoms with Crippen LogP contribution in [-0.4, -0.2) is 17.3 Å². The zero-order valence-corrected chi connectivity index (χ0v) is 16.4. The molecule has 6 heteroatoms. The van der Waals surface area contributed by atoms with E-state index in [-0.39, 0.29) is 17.7 Å². The molecule has 0 radical (unpaired) electrons. The van der Waals surface area contributed by atoms with Crippen LogP contribution in [0.5, 0.6) is 11.5 Å². The Kier molecular flexibility index (Phi) is 4.62. The number of rotatable bonds is 4. The number of benzene rings is 3.